The summed E-state index contributed by atoms with van der Waals surface area (Å²) in [6.45, 7) is 4.44. The lowest BCUT2D eigenvalue weighted by Crippen LogP contribution is -1.89. The third-order valence-electron chi connectivity index (χ3n) is 2.94. The second-order valence-corrected chi connectivity index (χ2v) is 4.72. The fraction of sp³-hybridized carbons (Fsp3) is 0.500. The van der Waals surface area contributed by atoms with E-state index in [2.05, 4.69) is 28.6 Å². The highest BCUT2D eigenvalue weighted by atomic mass is 32.1. The zero-order valence-electron chi connectivity index (χ0n) is 7.87. The molecule has 0 aromatic carbocycles. The van der Waals surface area contributed by atoms with E-state index in [0.717, 1.165) is 0 Å². The summed E-state index contributed by atoms with van der Waals surface area (Å²) in [5.41, 5.74) is 4.14. The Morgan fingerprint density at radius 3 is 3.31 bits per heavy atom. The zero-order chi connectivity index (χ0) is 9.00. The Bertz CT molecular complexity index is 466. The van der Waals surface area contributed by atoms with Gasteiger partial charge in [-0.1, -0.05) is 6.92 Å². The van der Waals surface area contributed by atoms with Gasteiger partial charge in [-0.25, -0.2) is 4.98 Å². The molecule has 13 heavy (non-hydrogen) atoms. The first-order valence-corrected chi connectivity index (χ1v) is 5.60. The van der Waals surface area contributed by atoms with Crippen molar-refractivity contribution < 1.29 is 0 Å². The maximum absolute atomic E-state index is 4.68. The van der Waals surface area contributed by atoms with Gasteiger partial charge in [-0.15, -0.1) is 11.3 Å². The van der Waals surface area contributed by atoms with Gasteiger partial charge >= 0.3 is 0 Å². The van der Waals surface area contributed by atoms with Crippen LogP contribution in [0.5, 0.6) is 0 Å². The van der Waals surface area contributed by atoms with Crippen molar-refractivity contribution in [1.82, 2.24) is 9.38 Å². The van der Waals surface area contributed by atoms with E-state index in [4.69, 9.17) is 0 Å². The normalized spacial score (nSPS) is 21.2. The summed E-state index contributed by atoms with van der Waals surface area (Å²) in [6.07, 6.45) is 2.48. The number of aryl methyl sites for hydroxylation is 2. The van der Waals surface area contributed by atoms with E-state index in [9.17, 15) is 0 Å². The van der Waals surface area contributed by atoms with Gasteiger partial charge in [0, 0.05) is 22.7 Å². The molecule has 3 rings (SSSR count). The summed E-state index contributed by atoms with van der Waals surface area (Å²) in [5, 5.41) is 2.19. The summed E-state index contributed by atoms with van der Waals surface area (Å²) in [4.78, 5) is 5.85. The van der Waals surface area contributed by atoms with Crippen molar-refractivity contribution in [3.63, 3.8) is 0 Å². The fourth-order valence-corrected chi connectivity index (χ4v) is 3.10. The van der Waals surface area contributed by atoms with Crippen LogP contribution in [0.1, 0.15) is 36.3 Å². The zero-order valence-corrected chi connectivity index (χ0v) is 8.69. The van der Waals surface area contributed by atoms with E-state index < -0.39 is 0 Å². The molecular weight excluding hydrogens is 180 g/mol. The molecule has 0 amide bonds. The first kappa shape index (κ1) is 7.56. The van der Waals surface area contributed by atoms with Gasteiger partial charge in [0.25, 0.3) is 0 Å². The molecule has 1 aliphatic rings. The molecule has 1 atom stereocenters. The SMILES string of the molecule is Cc1csc2nc3c(n12)CCC3C. The molecule has 0 bridgehead atoms. The minimum Gasteiger partial charge on any atom is -0.292 e. The molecule has 0 radical (unpaired) electrons. The highest BCUT2D eigenvalue weighted by Crippen LogP contribution is 2.34. The van der Waals surface area contributed by atoms with Crippen molar-refractivity contribution in [3.8, 4) is 0 Å². The molecule has 2 aromatic rings. The third-order valence-corrected chi connectivity index (χ3v) is 3.89. The molecule has 3 heteroatoms. The lowest BCUT2D eigenvalue weighted by molar-refractivity contribution is 0.726. The summed E-state index contributed by atoms with van der Waals surface area (Å²) in [7, 11) is 0. The topological polar surface area (TPSA) is 17.3 Å². The van der Waals surface area contributed by atoms with Gasteiger partial charge in [0.15, 0.2) is 4.96 Å². The number of imidazole rings is 1. The molecule has 2 heterocycles. The maximum Gasteiger partial charge on any atom is 0.194 e. The Hall–Kier alpha value is -0.830. The van der Waals surface area contributed by atoms with Crippen LogP contribution in [0, 0.1) is 6.92 Å². The first-order chi connectivity index (χ1) is 6.27. The molecule has 2 nitrogen and oxygen atoms in total. The van der Waals surface area contributed by atoms with Gasteiger partial charge in [-0.3, -0.25) is 4.40 Å². The van der Waals surface area contributed by atoms with Crippen LogP contribution in [0.3, 0.4) is 0 Å². The van der Waals surface area contributed by atoms with Crippen molar-refractivity contribution in [2.24, 2.45) is 0 Å². The minimum atomic E-state index is 0.668. The van der Waals surface area contributed by atoms with Crippen molar-refractivity contribution in [3.05, 3.63) is 22.5 Å². The predicted octanol–water partition coefficient (Wildman–Crippen LogP) is 2.75. The number of fused-ring (bicyclic) bond motifs is 3. The van der Waals surface area contributed by atoms with Crippen molar-refractivity contribution >= 4 is 16.3 Å². The molecule has 0 fully saturated rings. The summed E-state index contributed by atoms with van der Waals surface area (Å²) >= 11 is 1.75. The quantitative estimate of drug-likeness (QED) is 0.627. The van der Waals surface area contributed by atoms with E-state index in [0.29, 0.717) is 5.92 Å². The van der Waals surface area contributed by atoms with Gasteiger partial charge < -0.3 is 0 Å². The number of hydrogen-bond acceptors (Lipinski definition) is 2. The van der Waals surface area contributed by atoms with E-state index in [1.807, 2.05) is 0 Å². The van der Waals surface area contributed by atoms with Crippen molar-refractivity contribution in [2.45, 2.75) is 32.6 Å². The average molecular weight is 192 g/mol. The van der Waals surface area contributed by atoms with Crippen LogP contribution >= 0.6 is 11.3 Å². The highest BCUT2D eigenvalue weighted by molar-refractivity contribution is 7.15. The second kappa shape index (κ2) is 2.35. The van der Waals surface area contributed by atoms with Gasteiger partial charge in [-0.2, -0.15) is 0 Å². The van der Waals surface area contributed by atoms with E-state index in [1.165, 1.54) is 34.9 Å². The summed E-state index contributed by atoms with van der Waals surface area (Å²) in [6, 6.07) is 0. The first-order valence-electron chi connectivity index (χ1n) is 4.72. The fourth-order valence-electron chi connectivity index (χ4n) is 2.21. The van der Waals surface area contributed by atoms with E-state index in [1.54, 1.807) is 11.3 Å². The molecule has 0 saturated heterocycles. The molecule has 0 saturated carbocycles. The van der Waals surface area contributed by atoms with Crippen molar-refractivity contribution in [1.29, 1.82) is 0 Å². The van der Waals surface area contributed by atoms with Gasteiger partial charge in [-0.05, 0) is 19.8 Å². The second-order valence-electron chi connectivity index (χ2n) is 3.88. The molecule has 1 aliphatic carbocycles. The summed E-state index contributed by atoms with van der Waals surface area (Å²) in [5.74, 6) is 0.668. The number of thiazole rings is 1. The lowest BCUT2D eigenvalue weighted by atomic mass is 10.1. The lowest BCUT2D eigenvalue weighted by Gasteiger charge is -1.95. The molecule has 0 N–H and O–H groups in total. The van der Waals surface area contributed by atoms with Gasteiger partial charge in [0.05, 0.1) is 5.69 Å². The number of aromatic nitrogens is 2. The molecule has 2 aromatic heterocycles. The predicted molar refractivity (Wildman–Crippen MR) is 54.5 cm³/mol. The van der Waals surface area contributed by atoms with E-state index >= 15 is 0 Å². The van der Waals surface area contributed by atoms with Crippen LogP contribution in [0.2, 0.25) is 0 Å². The maximum atomic E-state index is 4.68. The number of hydrogen-bond donors (Lipinski definition) is 0. The standard InChI is InChI=1S/C10H12N2S/c1-6-3-4-8-9(6)11-10-12(8)7(2)5-13-10/h5-6H,3-4H2,1-2H3. The Balaban J connectivity index is 2.40. The molecule has 68 valence electrons. The van der Waals surface area contributed by atoms with Crippen LogP contribution < -0.4 is 0 Å². The Morgan fingerprint density at radius 1 is 1.62 bits per heavy atom. The van der Waals surface area contributed by atoms with Crippen LogP contribution in [-0.4, -0.2) is 9.38 Å². The third kappa shape index (κ3) is 0.854. The van der Waals surface area contributed by atoms with Gasteiger partial charge in [0.1, 0.15) is 0 Å². The Kier molecular flexibility index (Phi) is 1.37. The average Bonchev–Trinajstić information content (AvgIpc) is 2.69. The number of nitrogens with zero attached hydrogens (tertiary/aromatic N) is 2. The van der Waals surface area contributed by atoms with Gasteiger partial charge in [0.2, 0.25) is 0 Å². The molecular formula is C10H12N2S. The largest absolute Gasteiger partial charge is 0.292 e. The van der Waals surface area contributed by atoms with Crippen molar-refractivity contribution in [2.75, 3.05) is 0 Å². The van der Waals surface area contributed by atoms with Crippen LogP contribution in [-0.2, 0) is 6.42 Å². The Morgan fingerprint density at radius 2 is 2.46 bits per heavy atom. The van der Waals surface area contributed by atoms with Crippen LogP contribution in [0.25, 0.3) is 4.96 Å². The molecule has 1 unspecified atom stereocenters. The monoisotopic (exact) mass is 192 g/mol. The van der Waals surface area contributed by atoms with E-state index in [-0.39, 0.29) is 0 Å². The molecule has 0 aliphatic heterocycles. The Labute approximate surface area is 81.2 Å². The molecule has 0 spiro atoms. The van der Waals surface area contributed by atoms with Crippen LogP contribution in [0.15, 0.2) is 5.38 Å². The van der Waals surface area contributed by atoms with Crippen LogP contribution in [0.4, 0.5) is 0 Å². The summed E-state index contributed by atoms with van der Waals surface area (Å²) < 4.78 is 2.32. The minimum absolute atomic E-state index is 0.668. The number of rotatable bonds is 0. The highest BCUT2D eigenvalue weighted by Gasteiger charge is 2.25. The smallest absolute Gasteiger partial charge is 0.194 e.